The first-order chi connectivity index (χ1) is 14.3. The lowest BCUT2D eigenvalue weighted by atomic mass is 10.3. The van der Waals surface area contributed by atoms with Gasteiger partial charge in [-0.3, -0.25) is 9.59 Å². The Morgan fingerprint density at radius 2 is 1.77 bits per heavy atom. The number of halogens is 3. The number of hydrogen-bond acceptors (Lipinski definition) is 4. The Kier molecular flexibility index (Phi) is 6.97. The average Bonchev–Trinajstić information content (AvgIpc) is 3.11. The van der Waals surface area contributed by atoms with Gasteiger partial charge in [-0.05, 0) is 30.3 Å². The molecule has 7 nitrogen and oxygen atoms in total. The number of rotatable bonds is 6. The van der Waals surface area contributed by atoms with Crippen LogP contribution in [0.5, 0.6) is 0 Å². The first kappa shape index (κ1) is 22.1. The molecule has 0 atom stereocenters. The molecule has 0 bridgehead atoms. The van der Waals surface area contributed by atoms with Crippen LogP contribution >= 0.6 is 34.8 Å². The van der Waals surface area contributed by atoms with Crippen LogP contribution in [0.15, 0.2) is 42.5 Å². The summed E-state index contributed by atoms with van der Waals surface area (Å²) in [6.07, 6.45) is 0.501. The molecule has 1 N–H and O–H groups in total. The van der Waals surface area contributed by atoms with E-state index in [1.165, 1.54) is 16.6 Å². The SMILES string of the molecule is CCc1nc(C(=O)N(C)CC(=O)Nc2cccc(Cl)c2)nn1-c1c(Cl)cccc1Cl. The quantitative estimate of drug-likeness (QED) is 0.580. The standard InChI is InChI=1S/C20H18Cl3N5O2/c1-3-16-25-19(26-28(16)18-14(22)8-5-9-15(18)23)20(30)27(2)11-17(29)24-13-7-4-6-12(21)10-13/h4-10H,3,11H2,1-2H3,(H,24,29). The third-order valence-electron chi connectivity index (χ3n) is 4.17. The molecule has 0 saturated carbocycles. The number of para-hydroxylation sites is 1. The van der Waals surface area contributed by atoms with Crippen molar-refractivity contribution in [1.29, 1.82) is 0 Å². The lowest BCUT2D eigenvalue weighted by Gasteiger charge is -2.15. The topological polar surface area (TPSA) is 80.1 Å². The Hall–Kier alpha value is -2.61. The number of likely N-dealkylation sites (N-methyl/N-ethyl adjacent to an activating group) is 1. The number of benzene rings is 2. The van der Waals surface area contributed by atoms with E-state index in [1.54, 1.807) is 42.5 Å². The lowest BCUT2D eigenvalue weighted by Crippen LogP contribution is -2.35. The van der Waals surface area contributed by atoms with Crippen LogP contribution in [0.3, 0.4) is 0 Å². The van der Waals surface area contributed by atoms with Crippen LogP contribution in [0.25, 0.3) is 5.69 Å². The van der Waals surface area contributed by atoms with Gasteiger partial charge in [-0.15, -0.1) is 5.10 Å². The van der Waals surface area contributed by atoms with Crippen molar-refractivity contribution in [2.45, 2.75) is 13.3 Å². The molecule has 0 aliphatic rings. The summed E-state index contributed by atoms with van der Waals surface area (Å²) < 4.78 is 1.46. The smallest absolute Gasteiger partial charge is 0.293 e. The van der Waals surface area contributed by atoms with Gasteiger partial charge in [0.1, 0.15) is 11.5 Å². The number of aryl methyl sites for hydroxylation is 1. The van der Waals surface area contributed by atoms with Crippen LogP contribution in [0, 0.1) is 0 Å². The van der Waals surface area contributed by atoms with E-state index in [2.05, 4.69) is 15.4 Å². The molecule has 1 aromatic heterocycles. The predicted octanol–water partition coefficient (Wildman–Crippen LogP) is 4.50. The molecule has 0 spiro atoms. The highest BCUT2D eigenvalue weighted by molar-refractivity contribution is 6.37. The van der Waals surface area contributed by atoms with Crippen LogP contribution in [0.4, 0.5) is 5.69 Å². The highest BCUT2D eigenvalue weighted by atomic mass is 35.5. The fourth-order valence-corrected chi connectivity index (χ4v) is 3.51. The van der Waals surface area contributed by atoms with Crippen molar-refractivity contribution in [3.8, 4) is 5.69 Å². The molecule has 3 rings (SSSR count). The minimum Gasteiger partial charge on any atom is -0.330 e. The Morgan fingerprint density at radius 1 is 1.10 bits per heavy atom. The summed E-state index contributed by atoms with van der Waals surface area (Å²) in [4.78, 5) is 30.6. The largest absolute Gasteiger partial charge is 0.330 e. The zero-order valence-electron chi connectivity index (χ0n) is 16.2. The molecule has 0 saturated heterocycles. The Labute approximate surface area is 188 Å². The molecule has 156 valence electrons. The van der Waals surface area contributed by atoms with Crippen LogP contribution in [-0.4, -0.2) is 45.1 Å². The fourth-order valence-electron chi connectivity index (χ4n) is 2.76. The average molecular weight is 467 g/mol. The molecular formula is C20H18Cl3N5O2. The third kappa shape index (κ3) is 4.92. The Morgan fingerprint density at radius 3 is 2.40 bits per heavy atom. The second-order valence-corrected chi connectivity index (χ2v) is 7.66. The summed E-state index contributed by atoms with van der Waals surface area (Å²) in [7, 11) is 1.49. The van der Waals surface area contributed by atoms with Crippen molar-refractivity contribution >= 4 is 52.3 Å². The van der Waals surface area contributed by atoms with Gasteiger partial charge >= 0.3 is 0 Å². The summed E-state index contributed by atoms with van der Waals surface area (Å²) in [5, 5.41) is 8.25. The predicted molar refractivity (Wildman–Crippen MR) is 118 cm³/mol. The van der Waals surface area contributed by atoms with Crippen LogP contribution in [-0.2, 0) is 11.2 Å². The van der Waals surface area contributed by atoms with Gasteiger partial charge in [-0.1, -0.05) is 53.9 Å². The number of aromatic nitrogens is 3. The van der Waals surface area contributed by atoms with Gasteiger partial charge in [0.2, 0.25) is 11.7 Å². The number of hydrogen-bond donors (Lipinski definition) is 1. The van der Waals surface area contributed by atoms with E-state index < -0.39 is 5.91 Å². The van der Waals surface area contributed by atoms with E-state index >= 15 is 0 Å². The normalized spacial score (nSPS) is 10.7. The van der Waals surface area contributed by atoms with E-state index in [0.29, 0.717) is 38.7 Å². The highest BCUT2D eigenvalue weighted by Crippen LogP contribution is 2.28. The van der Waals surface area contributed by atoms with E-state index in [1.807, 2.05) is 6.92 Å². The van der Waals surface area contributed by atoms with Crippen LogP contribution in [0.1, 0.15) is 23.4 Å². The minimum atomic E-state index is -0.507. The van der Waals surface area contributed by atoms with Crippen LogP contribution < -0.4 is 5.32 Å². The van der Waals surface area contributed by atoms with Crippen molar-refractivity contribution in [3.05, 3.63) is 69.2 Å². The maximum absolute atomic E-state index is 12.8. The van der Waals surface area contributed by atoms with Crippen molar-refractivity contribution in [2.75, 3.05) is 18.9 Å². The first-order valence-electron chi connectivity index (χ1n) is 9.01. The number of nitrogens with zero attached hydrogens (tertiary/aromatic N) is 4. The van der Waals surface area contributed by atoms with Gasteiger partial charge in [0.05, 0.1) is 16.6 Å². The molecule has 0 unspecified atom stereocenters. The molecule has 0 fully saturated rings. The fraction of sp³-hybridized carbons (Fsp3) is 0.200. The molecule has 0 radical (unpaired) electrons. The molecule has 2 aromatic carbocycles. The molecular weight excluding hydrogens is 449 g/mol. The molecule has 10 heteroatoms. The number of anilines is 1. The number of nitrogens with one attached hydrogen (secondary N) is 1. The first-order valence-corrected chi connectivity index (χ1v) is 10.1. The highest BCUT2D eigenvalue weighted by Gasteiger charge is 2.23. The van der Waals surface area contributed by atoms with E-state index in [4.69, 9.17) is 34.8 Å². The molecule has 0 aliphatic heterocycles. The van der Waals surface area contributed by atoms with Gasteiger partial charge < -0.3 is 10.2 Å². The van der Waals surface area contributed by atoms with E-state index in [-0.39, 0.29) is 18.3 Å². The van der Waals surface area contributed by atoms with Gasteiger partial charge in [-0.25, -0.2) is 9.67 Å². The second-order valence-electron chi connectivity index (χ2n) is 6.41. The summed E-state index contributed by atoms with van der Waals surface area (Å²) in [5.74, 6) is -0.420. The summed E-state index contributed by atoms with van der Waals surface area (Å²) in [5.41, 5.74) is 0.989. The Balaban J connectivity index is 1.78. The van der Waals surface area contributed by atoms with Gasteiger partial charge in [-0.2, -0.15) is 0 Å². The van der Waals surface area contributed by atoms with Gasteiger partial charge in [0.15, 0.2) is 0 Å². The van der Waals surface area contributed by atoms with Gasteiger partial charge in [0, 0.05) is 24.2 Å². The molecule has 30 heavy (non-hydrogen) atoms. The van der Waals surface area contributed by atoms with E-state index in [0.717, 1.165) is 0 Å². The van der Waals surface area contributed by atoms with Crippen molar-refractivity contribution in [1.82, 2.24) is 19.7 Å². The van der Waals surface area contributed by atoms with Crippen molar-refractivity contribution in [3.63, 3.8) is 0 Å². The summed E-state index contributed by atoms with van der Waals surface area (Å²) in [6.45, 7) is 1.69. The number of carbonyl (C=O) groups is 2. The number of carbonyl (C=O) groups excluding carboxylic acids is 2. The molecule has 2 amide bonds. The minimum absolute atomic E-state index is 0.0547. The molecule has 3 aromatic rings. The van der Waals surface area contributed by atoms with Crippen molar-refractivity contribution in [2.24, 2.45) is 0 Å². The zero-order chi connectivity index (χ0) is 21.8. The maximum atomic E-state index is 12.8. The van der Waals surface area contributed by atoms with Crippen molar-refractivity contribution < 1.29 is 9.59 Å². The third-order valence-corrected chi connectivity index (χ3v) is 5.01. The maximum Gasteiger partial charge on any atom is 0.293 e. The van der Waals surface area contributed by atoms with E-state index in [9.17, 15) is 9.59 Å². The van der Waals surface area contributed by atoms with Gasteiger partial charge in [0.25, 0.3) is 5.91 Å². The summed E-state index contributed by atoms with van der Waals surface area (Å²) >= 11 is 18.5. The Bertz CT molecular complexity index is 1080. The summed E-state index contributed by atoms with van der Waals surface area (Å²) in [6, 6.07) is 11.8. The second kappa shape index (κ2) is 9.47. The number of amides is 2. The monoisotopic (exact) mass is 465 g/mol. The lowest BCUT2D eigenvalue weighted by molar-refractivity contribution is -0.116. The molecule has 1 heterocycles. The molecule has 0 aliphatic carbocycles. The zero-order valence-corrected chi connectivity index (χ0v) is 18.5. The van der Waals surface area contributed by atoms with Crippen LogP contribution in [0.2, 0.25) is 15.1 Å².